The highest BCUT2D eigenvalue weighted by molar-refractivity contribution is 5.78. The van der Waals surface area contributed by atoms with Gasteiger partial charge in [0.05, 0.1) is 63.7 Å². The zero-order valence-electron chi connectivity index (χ0n) is 60.4. The van der Waals surface area contributed by atoms with E-state index in [4.69, 9.17) is 25.2 Å². The van der Waals surface area contributed by atoms with Crippen LogP contribution >= 0.6 is 0 Å². The quantitative estimate of drug-likeness (QED) is 0.189. The number of nitrogens with zero attached hydrogens (tertiary/aromatic N) is 13. The third kappa shape index (κ3) is 28.7. The van der Waals surface area contributed by atoms with Crippen molar-refractivity contribution >= 4 is 35.4 Å². The van der Waals surface area contributed by atoms with Crippen LogP contribution in [0.2, 0.25) is 0 Å². The molecule has 0 unspecified atom stereocenters. The molecule has 540 valence electrons. The molecular weight excluding hydrogens is 1190 g/mol. The molecule has 1 aliphatic carbocycles. The van der Waals surface area contributed by atoms with Crippen molar-refractivity contribution < 1.29 is 43.0 Å². The van der Waals surface area contributed by atoms with Crippen LogP contribution in [-0.4, -0.2) is 349 Å². The van der Waals surface area contributed by atoms with E-state index in [2.05, 4.69) is 54.8 Å². The van der Waals surface area contributed by atoms with Crippen LogP contribution in [-0.2, 0) is 43.0 Å². The number of ether oxygens (including phenoxy) is 3. The van der Waals surface area contributed by atoms with Gasteiger partial charge in [-0.2, -0.15) is 5.26 Å². The second-order valence-electron chi connectivity index (χ2n) is 27.6. The van der Waals surface area contributed by atoms with E-state index in [9.17, 15) is 28.8 Å². The van der Waals surface area contributed by atoms with Crippen molar-refractivity contribution in [3.8, 4) is 6.07 Å². The molecule has 24 heteroatoms. The van der Waals surface area contributed by atoms with Crippen LogP contribution < -0.4 is 11.1 Å². The van der Waals surface area contributed by atoms with Crippen LogP contribution in [0.5, 0.6) is 0 Å². The number of likely N-dealkylation sites (tertiary alicyclic amines) is 4. The van der Waals surface area contributed by atoms with Crippen LogP contribution in [0, 0.1) is 22.7 Å². The van der Waals surface area contributed by atoms with E-state index in [1.807, 2.05) is 73.2 Å². The summed E-state index contributed by atoms with van der Waals surface area (Å²) in [5.41, 5.74) is 4.97. The molecule has 0 aromatic heterocycles. The predicted molar refractivity (Wildman–Crippen MR) is 371 cm³/mol. The van der Waals surface area contributed by atoms with Gasteiger partial charge in [0.2, 0.25) is 35.4 Å². The van der Waals surface area contributed by atoms with Crippen molar-refractivity contribution in [3.05, 3.63) is 0 Å². The van der Waals surface area contributed by atoms with E-state index in [-0.39, 0.29) is 17.2 Å². The Bertz CT molecular complexity index is 2140. The van der Waals surface area contributed by atoms with E-state index >= 15 is 0 Å². The molecule has 10 rings (SSSR count). The van der Waals surface area contributed by atoms with E-state index in [0.29, 0.717) is 92.4 Å². The van der Waals surface area contributed by atoms with Crippen molar-refractivity contribution in [1.29, 1.82) is 5.26 Å². The summed E-state index contributed by atoms with van der Waals surface area (Å²) >= 11 is 0. The second-order valence-corrected chi connectivity index (χ2v) is 27.6. The van der Waals surface area contributed by atoms with Gasteiger partial charge in [-0.3, -0.25) is 53.3 Å². The number of piperidine rings is 4. The molecule has 9 saturated heterocycles. The van der Waals surface area contributed by atoms with Crippen LogP contribution in [0.3, 0.4) is 0 Å². The highest BCUT2D eigenvalue weighted by atomic mass is 16.5. The van der Waals surface area contributed by atoms with Gasteiger partial charge in [0.15, 0.2) is 0 Å². The molecular formula is C70H131N15O9. The number of amides is 6. The van der Waals surface area contributed by atoms with Crippen LogP contribution in [0.1, 0.15) is 144 Å². The normalized spacial score (nSPS) is 22.4. The Kier molecular flexibility index (Phi) is 38.3. The maximum atomic E-state index is 11.8. The number of hydrogen-bond acceptors (Lipinski definition) is 18. The van der Waals surface area contributed by atoms with Crippen molar-refractivity contribution in [2.24, 2.45) is 17.1 Å². The van der Waals surface area contributed by atoms with Gasteiger partial charge < -0.3 is 59.6 Å². The Balaban J connectivity index is 0.000000211. The summed E-state index contributed by atoms with van der Waals surface area (Å²) in [6.45, 7) is 42.0. The summed E-state index contributed by atoms with van der Waals surface area (Å²) in [4.78, 5) is 95.9. The van der Waals surface area contributed by atoms with Crippen molar-refractivity contribution in [2.45, 2.75) is 168 Å². The minimum Gasteiger partial charge on any atom is -0.379 e. The number of nitriles is 1. The molecule has 9 heterocycles. The molecule has 0 aromatic carbocycles. The topological polar surface area (TPSA) is 231 Å². The third-order valence-corrected chi connectivity index (χ3v) is 20.8. The Morgan fingerprint density at radius 3 is 1.29 bits per heavy atom. The van der Waals surface area contributed by atoms with Gasteiger partial charge in [-0.05, 0) is 90.1 Å². The number of nitrogens with two attached hydrogens (primary N) is 1. The predicted octanol–water partition coefficient (Wildman–Crippen LogP) is 3.29. The minimum absolute atomic E-state index is 0.0592. The smallest absolute Gasteiger partial charge is 0.236 e. The fraction of sp³-hybridized carbons (Fsp3) is 0.900. The van der Waals surface area contributed by atoms with Crippen molar-refractivity contribution in [1.82, 2.24) is 64.1 Å². The first-order chi connectivity index (χ1) is 45.4. The van der Waals surface area contributed by atoms with E-state index in [1.54, 1.807) is 4.90 Å². The summed E-state index contributed by atoms with van der Waals surface area (Å²) in [7, 11) is 5.82. The van der Waals surface area contributed by atoms with Crippen LogP contribution in [0.15, 0.2) is 0 Å². The number of piperazine rings is 2. The lowest BCUT2D eigenvalue weighted by Gasteiger charge is -2.43. The SMILES string of the molecule is CCC(=O)N1CCC(CN2CCN(CC(=O)N(C)C)CC2)CC1.CCC(=O)N1CCC(N(C)C2COC2)CC1.CCC(=O)N1CCC(N2CCOCC2)CC1.CCC(=O)N1CCC(NCC2(C#N)CC2)CC1.CCC(=O)N1CCN(CCN2CCOCC2)CC1.CCCN. The van der Waals surface area contributed by atoms with Crippen molar-refractivity contribution in [3.63, 3.8) is 0 Å². The summed E-state index contributed by atoms with van der Waals surface area (Å²) < 4.78 is 15.9. The fourth-order valence-corrected chi connectivity index (χ4v) is 13.5. The molecule has 6 amide bonds. The number of rotatable bonds is 19. The van der Waals surface area contributed by atoms with Gasteiger partial charge in [-0.15, -0.1) is 0 Å². The van der Waals surface area contributed by atoms with Gasteiger partial charge in [0.25, 0.3) is 0 Å². The second kappa shape index (κ2) is 44.7. The monoisotopic (exact) mass is 1330 g/mol. The third-order valence-electron chi connectivity index (χ3n) is 20.8. The van der Waals surface area contributed by atoms with Gasteiger partial charge >= 0.3 is 0 Å². The number of nitrogens with one attached hydrogen (secondary N) is 1. The zero-order valence-corrected chi connectivity index (χ0v) is 60.4. The summed E-state index contributed by atoms with van der Waals surface area (Å²) in [5, 5.41) is 12.5. The molecule has 24 nitrogen and oxygen atoms in total. The Labute approximate surface area is 568 Å². The molecule has 0 aromatic rings. The van der Waals surface area contributed by atoms with Crippen LogP contribution in [0.4, 0.5) is 0 Å². The molecule has 0 spiro atoms. The number of morpholine rings is 2. The maximum Gasteiger partial charge on any atom is 0.236 e. The zero-order chi connectivity index (χ0) is 68.3. The average molecular weight is 1330 g/mol. The number of hydrogen-bond donors (Lipinski definition) is 2. The summed E-state index contributed by atoms with van der Waals surface area (Å²) in [6, 6.07) is 4.80. The van der Waals surface area contributed by atoms with Gasteiger partial charge in [0, 0.05) is 221 Å². The maximum absolute atomic E-state index is 11.8. The molecule has 9 aliphatic heterocycles. The van der Waals surface area contributed by atoms with E-state index in [0.717, 1.165) is 274 Å². The lowest BCUT2D eigenvalue weighted by Crippen LogP contribution is -2.54. The molecule has 94 heavy (non-hydrogen) atoms. The Morgan fingerprint density at radius 2 is 0.883 bits per heavy atom. The molecule has 10 aliphatic rings. The summed E-state index contributed by atoms with van der Waals surface area (Å²) in [5.74, 6) is 2.36. The average Bonchev–Trinajstić information content (AvgIpc) is 1.65. The standard InChI is InChI=1S/C17H32N4O2.C13H25N3O2.C13H21N3O.2C12H22N2O2.C3H9N/c1-4-16(22)21-7-5-15(6-8-21)13-19-9-11-20(12-10-19)14-17(23)18(2)3;1-2-13(17)16-7-5-14(6-8-16)3-4-15-9-11-18-12-10-15;1-2-12(17)16-7-3-11(4-8-16)15-10-13(9-14)5-6-13;1-3-12(15)14-6-4-10(5-7-14)13(2)11-8-16-9-11;1-2-12(15)14-5-3-11(4-6-14)13-7-9-16-10-8-13;1-2-3-4/h15H,4-14H2,1-3H3;2-12H2,1H3;11,15H,2-8,10H2,1H3;10-11H,3-9H2,1-2H3;11H,2-10H2,1H3;2-4H2,1H3. The first-order valence-electron chi connectivity index (χ1n) is 36.9. The van der Waals surface area contributed by atoms with Gasteiger partial charge in [0.1, 0.15) is 0 Å². The Hall–Kier alpha value is -4.13. The van der Waals surface area contributed by atoms with E-state index < -0.39 is 0 Å². The lowest BCUT2D eigenvalue weighted by atomic mass is 9.95. The summed E-state index contributed by atoms with van der Waals surface area (Å²) in [6.07, 6.45) is 15.1. The number of carbonyl (C=O) groups is 6. The number of likely N-dealkylation sites (N-methyl/N-ethyl adjacent to an activating group) is 2. The number of carbonyl (C=O) groups excluding carboxylic acids is 6. The lowest BCUT2D eigenvalue weighted by molar-refractivity contribution is -0.134. The van der Waals surface area contributed by atoms with E-state index in [1.165, 1.54) is 0 Å². The largest absolute Gasteiger partial charge is 0.379 e. The minimum atomic E-state index is -0.0592. The van der Waals surface area contributed by atoms with Gasteiger partial charge in [-0.25, -0.2) is 0 Å². The molecule has 10 fully saturated rings. The first-order valence-corrected chi connectivity index (χ1v) is 36.9. The Morgan fingerprint density at radius 1 is 0.489 bits per heavy atom. The molecule has 0 radical (unpaired) electrons. The molecule has 0 bridgehead atoms. The van der Waals surface area contributed by atoms with Gasteiger partial charge in [-0.1, -0.05) is 41.5 Å². The van der Waals surface area contributed by atoms with Crippen molar-refractivity contribution in [2.75, 3.05) is 231 Å². The van der Waals surface area contributed by atoms with Crippen LogP contribution in [0.25, 0.3) is 0 Å². The highest BCUT2D eigenvalue weighted by Crippen LogP contribution is 2.44. The first kappa shape index (κ1) is 80.6. The molecule has 1 saturated carbocycles. The highest BCUT2D eigenvalue weighted by Gasteiger charge is 2.43. The molecule has 3 N–H and O–H groups in total. The fourth-order valence-electron chi connectivity index (χ4n) is 13.5. The molecule has 0 atom stereocenters.